The topological polar surface area (TPSA) is 42.0 Å². The van der Waals surface area contributed by atoms with Gasteiger partial charge in [-0.2, -0.15) is 0 Å². The summed E-state index contributed by atoms with van der Waals surface area (Å²) >= 11 is 3.52. The van der Waals surface area contributed by atoms with E-state index >= 15 is 0 Å². The van der Waals surface area contributed by atoms with Gasteiger partial charge in [-0.15, -0.1) is 0 Å². The molecule has 0 aliphatic heterocycles. The molecule has 1 aromatic heterocycles. The second-order valence-corrected chi connectivity index (χ2v) is 5.33. The van der Waals surface area contributed by atoms with Crippen LogP contribution in [0.2, 0.25) is 0 Å². The van der Waals surface area contributed by atoms with E-state index < -0.39 is 0 Å². The summed E-state index contributed by atoms with van der Waals surface area (Å²) in [5.41, 5.74) is 1.52. The molecule has 0 bridgehead atoms. The summed E-state index contributed by atoms with van der Waals surface area (Å²) in [5, 5.41) is 2.87. The Kier molecular flexibility index (Phi) is 4.93. The second kappa shape index (κ2) is 5.99. The Morgan fingerprint density at radius 3 is 2.69 bits per heavy atom. The smallest absolute Gasteiger partial charge is 0.252 e. The van der Waals surface area contributed by atoms with Crippen molar-refractivity contribution in [1.82, 2.24) is 10.3 Å². The first-order chi connectivity index (χ1) is 7.50. The number of carbonyl (C=O) groups is 1. The fraction of sp³-hybridized carbons (Fsp3) is 0.500. The van der Waals surface area contributed by atoms with Gasteiger partial charge in [0.15, 0.2) is 0 Å². The highest BCUT2D eigenvalue weighted by Gasteiger charge is 2.11. The third-order valence-electron chi connectivity index (χ3n) is 2.35. The van der Waals surface area contributed by atoms with Crippen LogP contribution in [0.1, 0.15) is 29.9 Å². The number of hydrogen-bond donors (Lipinski definition) is 1. The lowest BCUT2D eigenvalue weighted by Gasteiger charge is -2.14. The first-order valence-electron chi connectivity index (χ1n) is 5.35. The lowest BCUT2D eigenvalue weighted by molar-refractivity contribution is 0.0952. The van der Waals surface area contributed by atoms with Crippen molar-refractivity contribution in [3.05, 3.63) is 29.6 Å². The minimum atomic E-state index is -0.0717. The number of amides is 1. The zero-order valence-corrected chi connectivity index (χ0v) is 11.4. The van der Waals surface area contributed by atoms with Gasteiger partial charge in [0.1, 0.15) is 0 Å². The molecule has 0 saturated heterocycles. The van der Waals surface area contributed by atoms with Crippen molar-refractivity contribution in [2.45, 2.75) is 25.6 Å². The van der Waals surface area contributed by atoms with E-state index in [2.05, 4.69) is 40.1 Å². The Morgan fingerprint density at radius 1 is 1.50 bits per heavy atom. The maximum Gasteiger partial charge on any atom is 0.252 e. The van der Waals surface area contributed by atoms with Gasteiger partial charge >= 0.3 is 0 Å². The molecule has 0 aromatic carbocycles. The average molecular weight is 285 g/mol. The summed E-state index contributed by atoms with van der Waals surface area (Å²) in [6, 6.07) is 3.62. The number of rotatable bonds is 4. The fourth-order valence-electron chi connectivity index (χ4n) is 1.13. The number of halogens is 1. The summed E-state index contributed by atoms with van der Waals surface area (Å²) < 4.78 is 0. The largest absolute Gasteiger partial charge is 0.351 e. The van der Waals surface area contributed by atoms with Gasteiger partial charge in [-0.05, 0) is 25.0 Å². The Morgan fingerprint density at radius 2 is 2.19 bits per heavy atom. The first-order valence-corrected chi connectivity index (χ1v) is 6.27. The molecule has 0 fully saturated rings. The summed E-state index contributed by atoms with van der Waals surface area (Å²) in [4.78, 5) is 16.1. The molecule has 16 heavy (non-hydrogen) atoms. The van der Waals surface area contributed by atoms with Crippen LogP contribution < -0.4 is 5.32 Å². The monoisotopic (exact) mass is 284 g/mol. The number of aromatic nitrogens is 1. The van der Waals surface area contributed by atoms with Crippen LogP contribution in [-0.4, -0.2) is 22.3 Å². The summed E-state index contributed by atoms with van der Waals surface area (Å²) in [6.07, 6.45) is 1.60. The van der Waals surface area contributed by atoms with Crippen LogP contribution in [0.4, 0.5) is 0 Å². The lowest BCUT2D eigenvalue weighted by atomic mass is 10.1. The Labute approximate surface area is 105 Å². The molecule has 1 rings (SSSR count). The Bertz CT molecular complexity index is 349. The van der Waals surface area contributed by atoms with Crippen LogP contribution in [0.5, 0.6) is 0 Å². The predicted octanol–water partition coefficient (Wildman–Crippen LogP) is 2.54. The van der Waals surface area contributed by atoms with Gasteiger partial charge in [-0.3, -0.25) is 9.78 Å². The van der Waals surface area contributed by atoms with Crippen molar-refractivity contribution in [2.75, 3.05) is 6.54 Å². The molecule has 0 aliphatic carbocycles. The van der Waals surface area contributed by atoms with Crippen LogP contribution in [-0.2, 0) is 0 Å². The lowest BCUT2D eigenvalue weighted by Crippen LogP contribution is -2.31. The molecule has 1 aromatic rings. The third-order valence-corrected chi connectivity index (χ3v) is 3.74. The van der Waals surface area contributed by atoms with E-state index in [1.54, 1.807) is 12.3 Å². The summed E-state index contributed by atoms with van der Waals surface area (Å²) in [5.74, 6) is 0.425. The highest BCUT2D eigenvalue weighted by Crippen LogP contribution is 2.10. The van der Waals surface area contributed by atoms with Gasteiger partial charge in [0.05, 0.1) is 5.56 Å². The van der Waals surface area contributed by atoms with Crippen molar-refractivity contribution >= 4 is 21.8 Å². The molecular formula is C12H17BrN2O. The van der Waals surface area contributed by atoms with Crippen LogP contribution in [0.15, 0.2) is 18.3 Å². The molecule has 1 heterocycles. The molecule has 0 radical (unpaired) electrons. The molecule has 1 atom stereocenters. The van der Waals surface area contributed by atoms with E-state index in [0.29, 0.717) is 22.9 Å². The van der Waals surface area contributed by atoms with Gasteiger partial charge in [-0.25, -0.2) is 0 Å². The van der Waals surface area contributed by atoms with Gasteiger partial charge in [-0.1, -0.05) is 29.8 Å². The summed E-state index contributed by atoms with van der Waals surface area (Å²) in [7, 11) is 0. The molecule has 1 unspecified atom stereocenters. The molecule has 3 nitrogen and oxygen atoms in total. The minimum Gasteiger partial charge on any atom is -0.351 e. The van der Waals surface area contributed by atoms with Gasteiger partial charge < -0.3 is 5.32 Å². The van der Waals surface area contributed by atoms with E-state index in [0.717, 1.165) is 5.69 Å². The van der Waals surface area contributed by atoms with Crippen molar-refractivity contribution in [2.24, 2.45) is 5.92 Å². The number of carbonyl (C=O) groups excluding carboxylic acids is 1. The van der Waals surface area contributed by atoms with E-state index in [4.69, 9.17) is 0 Å². The van der Waals surface area contributed by atoms with E-state index in [9.17, 15) is 4.79 Å². The van der Waals surface area contributed by atoms with Crippen molar-refractivity contribution < 1.29 is 4.79 Å². The second-order valence-electron chi connectivity index (χ2n) is 4.16. The van der Waals surface area contributed by atoms with Crippen LogP contribution in [0, 0.1) is 12.8 Å². The number of alkyl halides is 1. The quantitative estimate of drug-likeness (QED) is 0.864. The molecule has 4 heteroatoms. The molecular weight excluding hydrogens is 268 g/mol. The normalized spacial score (nSPS) is 12.6. The first kappa shape index (κ1) is 13.2. The van der Waals surface area contributed by atoms with Crippen molar-refractivity contribution in [3.63, 3.8) is 0 Å². The van der Waals surface area contributed by atoms with E-state index in [1.165, 1.54) is 0 Å². The molecule has 88 valence electrons. The molecule has 0 spiro atoms. The Balaban J connectivity index is 2.50. The zero-order valence-electron chi connectivity index (χ0n) is 9.83. The number of nitrogens with one attached hydrogen (secondary N) is 1. The van der Waals surface area contributed by atoms with Crippen molar-refractivity contribution in [1.29, 1.82) is 0 Å². The van der Waals surface area contributed by atoms with E-state index in [1.807, 2.05) is 13.0 Å². The summed E-state index contributed by atoms with van der Waals surface area (Å²) in [6.45, 7) is 6.75. The van der Waals surface area contributed by atoms with Crippen LogP contribution in [0.3, 0.4) is 0 Å². The number of hydrogen-bond acceptors (Lipinski definition) is 2. The molecule has 1 amide bonds. The zero-order chi connectivity index (χ0) is 12.1. The van der Waals surface area contributed by atoms with Crippen molar-refractivity contribution in [3.8, 4) is 0 Å². The SMILES string of the molecule is Cc1ccc(C(=O)NCC(Br)C(C)C)cn1. The maximum atomic E-state index is 11.7. The van der Waals surface area contributed by atoms with Gasteiger partial charge in [0.2, 0.25) is 0 Å². The van der Waals surface area contributed by atoms with Crippen LogP contribution >= 0.6 is 15.9 Å². The third kappa shape index (κ3) is 3.93. The fourth-order valence-corrected chi connectivity index (χ4v) is 1.29. The number of nitrogens with zero attached hydrogens (tertiary/aromatic N) is 1. The number of pyridine rings is 1. The van der Waals surface area contributed by atoms with Gasteiger partial charge in [0, 0.05) is 23.3 Å². The van der Waals surface area contributed by atoms with Gasteiger partial charge in [0.25, 0.3) is 5.91 Å². The predicted molar refractivity (Wildman–Crippen MR) is 68.9 cm³/mol. The molecule has 1 N–H and O–H groups in total. The molecule has 0 aliphatic rings. The van der Waals surface area contributed by atoms with Crippen LogP contribution in [0.25, 0.3) is 0 Å². The maximum absolute atomic E-state index is 11.7. The number of aryl methyl sites for hydroxylation is 1. The average Bonchev–Trinajstić information content (AvgIpc) is 2.26. The highest BCUT2D eigenvalue weighted by atomic mass is 79.9. The Hall–Kier alpha value is -0.900. The van der Waals surface area contributed by atoms with E-state index in [-0.39, 0.29) is 5.91 Å². The highest BCUT2D eigenvalue weighted by molar-refractivity contribution is 9.09. The minimum absolute atomic E-state index is 0.0717. The standard InChI is InChI=1S/C12H17BrN2O/c1-8(2)11(13)7-15-12(16)10-5-4-9(3)14-6-10/h4-6,8,11H,7H2,1-3H3,(H,15,16). The molecule has 0 saturated carbocycles.